The zero-order valence-electron chi connectivity index (χ0n) is 11.4. The normalized spacial score (nSPS) is 12.6. The summed E-state index contributed by atoms with van der Waals surface area (Å²) >= 11 is 3.46. The van der Waals surface area contributed by atoms with Gasteiger partial charge in [0.05, 0.1) is 12.0 Å². The summed E-state index contributed by atoms with van der Waals surface area (Å²) in [5.74, 6) is 0. The first-order valence-electron chi connectivity index (χ1n) is 6.68. The van der Waals surface area contributed by atoms with Crippen molar-refractivity contribution in [3.8, 4) is 0 Å². The Bertz CT molecular complexity index is 504. The van der Waals surface area contributed by atoms with Gasteiger partial charge in [-0.15, -0.1) is 0 Å². The molecule has 0 spiro atoms. The zero-order valence-corrected chi connectivity index (χ0v) is 13.0. The van der Waals surface area contributed by atoms with Crippen molar-refractivity contribution in [3.63, 3.8) is 0 Å². The minimum absolute atomic E-state index is 0.332. The number of nitrogens with zero attached hydrogens (tertiary/aromatic N) is 2. The fraction of sp³-hybridized carbons (Fsp3) is 0.400. The van der Waals surface area contributed by atoms with Crippen LogP contribution in [0.1, 0.15) is 37.6 Å². The van der Waals surface area contributed by atoms with Gasteiger partial charge in [0.25, 0.3) is 0 Å². The number of halogens is 1. The van der Waals surface area contributed by atoms with E-state index in [2.05, 4.69) is 68.9 Å². The lowest BCUT2D eigenvalue weighted by atomic mass is 10.1. The molecule has 1 heterocycles. The Labute approximate surface area is 123 Å². The number of rotatable bonds is 6. The second-order valence-corrected chi connectivity index (χ2v) is 5.65. The largest absolute Gasteiger partial charge is 0.333 e. The van der Waals surface area contributed by atoms with Crippen LogP contribution in [-0.4, -0.2) is 9.55 Å². The van der Waals surface area contributed by atoms with Gasteiger partial charge in [0.15, 0.2) is 0 Å². The molecule has 3 nitrogen and oxygen atoms in total. The predicted octanol–water partition coefficient (Wildman–Crippen LogP) is 3.91. The van der Waals surface area contributed by atoms with Crippen molar-refractivity contribution >= 4 is 15.9 Å². The number of aryl methyl sites for hydroxylation is 1. The fourth-order valence-corrected chi connectivity index (χ4v) is 2.33. The van der Waals surface area contributed by atoms with Crippen molar-refractivity contribution < 1.29 is 0 Å². The molecule has 2 rings (SSSR count). The van der Waals surface area contributed by atoms with Crippen LogP contribution < -0.4 is 5.32 Å². The molecule has 0 bridgehead atoms. The van der Waals surface area contributed by atoms with Crippen molar-refractivity contribution in [1.82, 2.24) is 14.9 Å². The summed E-state index contributed by atoms with van der Waals surface area (Å²) in [5, 5.41) is 3.54. The molecule has 1 N–H and O–H groups in total. The molecule has 0 radical (unpaired) electrons. The minimum atomic E-state index is 0.332. The number of imidazole rings is 1. The first-order chi connectivity index (χ1) is 9.20. The average molecular weight is 322 g/mol. The molecule has 0 aliphatic heterocycles. The van der Waals surface area contributed by atoms with Crippen LogP contribution in [-0.2, 0) is 13.1 Å². The van der Waals surface area contributed by atoms with Crippen LogP contribution in [0, 0.1) is 0 Å². The molecule has 1 aromatic heterocycles. The number of nitrogens with one attached hydrogen (secondary N) is 1. The van der Waals surface area contributed by atoms with Crippen LogP contribution in [0.15, 0.2) is 41.3 Å². The third-order valence-electron chi connectivity index (χ3n) is 3.22. The summed E-state index contributed by atoms with van der Waals surface area (Å²) in [5.41, 5.74) is 2.54. The third-order valence-corrected chi connectivity index (χ3v) is 3.75. The van der Waals surface area contributed by atoms with E-state index < -0.39 is 0 Å². The summed E-state index contributed by atoms with van der Waals surface area (Å²) in [6, 6.07) is 8.78. The summed E-state index contributed by atoms with van der Waals surface area (Å²) in [6.45, 7) is 6.24. The van der Waals surface area contributed by atoms with E-state index in [1.165, 1.54) is 11.3 Å². The second kappa shape index (κ2) is 6.87. The van der Waals surface area contributed by atoms with E-state index in [-0.39, 0.29) is 0 Å². The van der Waals surface area contributed by atoms with Crippen LogP contribution in [0.25, 0.3) is 0 Å². The van der Waals surface area contributed by atoms with E-state index >= 15 is 0 Å². The van der Waals surface area contributed by atoms with Gasteiger partial charge in [-0.1, -0.05) is 35.0 Å². The lowest BCUT2D eigenvalue weighted by Crippen LogP contribution is -2.20. The molecule has 19 heavy (non-hydrogen) atoms. The maximum atomic E-state index is 4.22. The second-order valence-electron chi connectivity index (χ2n) is 4.73. The van der Waals surface area contributed by atoms with Gasteiger partial charge in [-0.25, -0.2) is 4.98 Å². The summed E-state index contributed by atoms with van der Waals surface area (Å²) < 4.78 is 3.32. The van der Waals surface area contributed by atoms with Crippen molar-refractivity contribution in [1.29, 1.82) is 0 Å². The predicted molar refractivity (Wildman–Crippen MR) is 81.9 cm³/mol. The van der Waals surface area contributed by atoms with Gasteiger partial charge in [-0.3, -0.25) is 0 Å². The first kappa shape index (κ1) is 14.3. The molecule has 1 aromatic carbocycles. The summed E-state index contributed by atoms with van der Waals surface area (Å²) in [7, 11) is 0. The molecule has 0 saturated carbocycles. The highest BCUT2D eigenvalue weighted by molar-refractivity contribution is 9.10. The van der Waals surface area contributed by atoms with Crippen molar-refractivity contribution in [2.75, 3.05) is 0 Å². The first-order valence-corrected chi connectivity index (χ1v) is 7.48. The van der Waals surface area contributed by atoms with Crippen molar-refractivity contribution in [2.24, 2.45) is 0 Å². The van der Waals surface area contributed by atoms with Gasteiger partial charge in [-0.2, -0.15) is 0 Å². The van der Waals surface area contributed by atoms with Crippen molar-refractivity contribution in [3.05, 3.63) is 52.5 Å². The lowest BCUT2D eigenvalue weighted by molar-refractivity contribution is 0.541. The Morgan fingerprint density at radius 2 is 2.05 bits per heavy atom. The minimum Gasteiger partial charge on any atom is -0.333 e. The van der Waals surface area contributed by atoms with Gasteiger partial charge in [0.2, 0.25) is 0 Å². The van der Waals surface area contributed by atoms with Gasteiger partial charge in [0.1, 0.15) is 0 Å². The highest BCUT2D eigenvalue weighted by Gasteiger charge is 2.06. The quantitative estimate of drug-likeness (QED) is 0.874. The molecule has 4 heteroatoms. The Hall–Kier alpha value is -1.13. The maximum absolute atomic E-state index is 4.22. The Morgan fingerprint density at radius 3 is 2.74 bits per heavy atom. The van der Waals surface area contributed by atoms with E-state index in [0.717, 1.165) is 24.0 Å². The molecule has 2 aromatic rings. The number of hydrogen-bond acceptors (Lipinski definition) is 2. The molecule has 0 amide bonds. The van der Waals surface area contributed by atoms with Crippen LogP contribution in [0.5, 0.6) is 0 Å². The molecule has 0 saturated heterocycles. The number of benzene rings is 1. The highest BCUT2D eigenvalue weighted by Crippen LogP contribution is 2.17. The van der Waals surface area contributed by atoms with Crippen LogP contribution in [0.3, 0.4) is 0 Å². The molecule has 0 aliphatic carbocycles. The zero-order chi connectivity index (χ0) is 13.7. The van der Waals surface area contributed by atoms with E-state index in [0.29, 0.717) is 6.04 Å². The van der Waals surface area contributed by atoms with Gasteiger partial charge in [0, 0.05) is 29.8 Å². The van der Waals surface area contributed by atoms with Crippen LogP contribution in [0.4, 0.5) is 0 Å². The molecular weight excluding hydrogens is 302 g/mol. The third kappa shape index (κ3) is 3.91. The van der Waals surface area contributed by atoms with Crippen LogP contribution >= 0.6 is 15.9 Å². The van der Waals surface area contributed by atoms with Crippen LogP contribution in [0.2, 0.25) is 0 Å². The summed E-state index contributed by atoms with van der Waals surface area (Å²) in [6.07, 6.45) is 4.98. The van der Waals surface area contributed by atoms with Gasteiger partial charge >= 0.3 is 0 Å². The Kier molecular flexibility index (Phi) is 5.16. The molecule has 102 valence electrons. The van der Waals surface area contributed by atoms with Gasteiger partial charge in [-0.05, 0) is 31.0 Å². The van der Waals surface area contributed by atoms with Crippen molar-refractivity contribution in [2.45, 2.75) is 39.4 Å². The van der Waals surface area contributed by atoms with E-state index in [9.17, 15) is 0 Å². The Morgan fingerprint density at radius 1 is 1.32 bits per heavy atom. The summed E-state index contributed by atoms with van der Waals surface area (Å²) in [4.78, 5) is 4.22. The van der Waals surface area contributed by atoms with E-state index in [4.69, 9.17) is 0 Å². The molecule has 0 aliphatic rings. The molecule has 0 unspecified atom stereocenters. The molecular formula is C15H20BrN3. The fourth-order valence-electron chi connectivity index (χ4n) is 2.06. The monoisotopic (exact) mass is 321 g/mol. The maximum Gasteiger partial charge on any atom is 0.0948 e. The van der Waals surface area contributed by atoms with E-state index in [1.807, 2.05) is 12.5 Å². The topological polar surface area (TPSA) is 29.9 Å². The smallest absolute Gasteiger partial charge is 0.0948 e. The number of hydrogen-bond donors (Lipinski definition) is 1. The highest BCUT2D eigenvalue weighted by atomic mass is 79.9. The number of aromatic nitrogens is 2. The molecule has 1 atom stereocenters. The SMILES string of the molecule is CCCn1cncc1CN[C@@H](C)c1ccc(Br)cc1. The Balaban J connectivity index is 1.94. The molecule has 0 fully saturated rings. The average Bonchev–Trinajstić information content (AvgIpc) is 2.85. The van der Waals surface area contributed by atoms with E-state index in [1.54, 1.807) is 0 Å². The standard InChI is InChI=1S/C15H20BrN3/c1-3-8-19-11-17-9-15(19)10-18-12(2)13-4-6-14(16)7-5-13/h4-7,9,11-12,18H,3,8,10H2,1-2H3/t12-/m0/s1. The lowest BCUT2D eigenvalue weighted by Gasteiger charge is -2.15. The van der Waals surface area contributed by atoms with Gasteiger partial charge < -0.3 is 9.88 Å².